The molecular formula is C18H18N4O4S. The van der Waals surface area contributed by atoms with Crippen LogP contribution >= 0.6 is 11.3 Å². The molecule has 0 radical (unpaired) electrons. The molecule has 2 heterocycles. The van der Waals surface area contributed by atoms with E-state index in [0.717, 1.165) is 0 Å². The van der Waals surface area contributed by atoms with Crippen molar-refractivity contribution in [1.29, 1.82) is 10.5 Å². The fourth-order valence-corrected chi connectivity index (χ4v) is 3.57. The van der Waals surface area contributed by atoms with Gasteiger partial charge in [-0.2, -0.15) is 10.5 Å². The van der Waals surface area contributed by atoms with Gasteiger partial charge in [-0.1, -0.05) is 6.07 Å². The van der Waals surface area contributed by atoms with Crippen LogP contribution in [0.1, 0.15) is 24.6 Å². The van der Waals surface area contributed by atoms with Crippen molar-refractivity contribution in [3.8, 4) is 12.1 Å². The van der Waals surface area contributed by atoms with Gasteiger partial charge in [-0.05, 0) is 25.3 Å². The van der Waals surface area contributed by atoms with Gasteiger partial charge >= 0.3 is 11.9 Å². The first-order valence-corrected chi connectivity index (χ1v) is 9.05. The zero-order chi connectivity index (χ0) is 20.0. The van der Waals surface area contributed by atoms with Crippen LogP contribution < -0.4 is 11.1 Å². The first-order valence-electron chi connectivity index (χ1n) is 8.17. The van der Waals surface area contributed by atoms with E-state index in [4.69, 9.17) is 15.2 Å². The summed E-state index contributed by atoms with van der Waals surface area (Å²) in [5.74, 6) is -3.82. The van der Waals surface area contributed by atoms with Crippen molar-refractivity contribution in [3.63, 3.8) is 0 Å². The summed E-state index contributed by atoms with van der Waals surface area (Å²) >= 11 is 1.32. The largest absolute Gasteiger partial charge is 0.465 e. The molecule has 3 N–H and O–H groups in total. The van der Waals surface area contributed by atoms with Crippen LogP contribution in [0, 0.1) is 28.6 Å². The molecule has 0 spiro atoms. The second kappa shape index (κ2) is 8.88. The van der Waals surface area contributed by atoms with Gasteiger partial charge in [0.05, 0.1) is 48.1 Å². The molecule has 0 saturated carbocycles. The number of esters is 2. The number of carbonyl (C=O) groups is 2. The number of hydrogen-bond acceptors (Lipinski definition) is 9. The quantitative estimate of drug-likeness (QED) is 0.704. The predicted octanol–water partition coefficient (Wildman–Crippen LogP) is 1.65. The molecule has 8 nitrogen and oxygen atoms in total. The molecule has 0 aromatic carbocycles. The van der Waals surface area contributed by atoms with E-state index < -0.39 is 23.8 Å². The van der Waals surface area contributed by atoms with Crippen LogP contribution in [0.25, 0.3) is 0 Å². The van der Waals surface area contributed by atoms with Crippen molar-refractivity contribution in [1.82, 2.24) is 5.32 Å². The van der Waals surface area contributed by atoms with Gasteiger partial charge in [-0.15, -0.1) is 11.3 Å². The average Bonchev–Trinajstić information content (AvgIpc) is 3.16. The minimum absolute atomic E-state index is 0.00431. The Hall–Kier alpha value is -3.30. The fourth-order valence-electron chi connectivity index (χ4n) is 2.72. The Morgan fingerprint density at radius 3 is 2.56 bits per heavy atom. The average molecular weight is 386 g/mol. The molecule has 0 saturated heterocycles. The number of allylic oxidation sites excluding steroid dienone is 1. The lowest BCUT2D eigenvalue weighted by Gasteiger charge is -2.29. The Morgan fingerprint density at radius 1 is 1.33 bits per heavy atom. The second-order valence-corrected chi connectivity index (χ2v) is 6.35. The highest BCUT2D eigenvalue weighted by atomic mass is 32.1. The van der Waals surface area contributed by atoms with E-state index in [0.29, 0.717) is 4.88 Å². The second-order valence-electron chi connectivity index (χ2n) is 5.37. The van der Waals surface area contributed by atoms with Gasteiger partial charge in [0.2, 0.25) is 0 Å². The molecule has 140 valence electrons. The van der Waals surface area contributed by atoms with Gasteiger partial charge < -0.3 is 20.5 Å². The fraction of sp³-hybridized carbons (Fsp3) is 0.333. The van der Waals surface area contributed by atoms with Crippen LogP contribution in [0.3, 0.4) is 0 Å². The zero-order valence-electron chi connectivity index (χ0n) is 14.8. The van der Waals surface area contributed by atoms with Crippen molar-refractivity contribution in [2.75, 3.05) is 13.2 Å². The first-order chi connectivity index (χ1) is 13.0. The summed E-state index contributed by atoms with van der Waals surface area (Å²) in [6, 6.07) is 7.36. The van der Waals surface area contributed by atoms with Gasteiger partial charge in [-0.3, -0.25) is 4.79 Å². The molecular weight excluding hydrogens is 368 g/mol. The summed E-state index contributed by atoms with van der Waals surface area (Å²) in [4.78, 5) is 25.7. The standard InChI is InChI=1S/C18H18N4O4S/c1-3-25-17(23)11(9-20)15-14(18(24)26-4-2)13(12-6-5-7-27-12)10(8-19)16(21)22-15/h5-7,11,13,22H,3-4,21H2,1-2H3. The zero-order valence-corrected chi connectivity index (χ0v) is 15.6. The topological polar surface area (TPSA) is 138 Å². The third kappa shape index (κ3) is 3.94. The van der Waals surface area contributed by atoms with E-state index in [1.165, 1.54) is 11.3 Å². The normalized spacial score (nSPS) is 17.4. The van der Waals surface area contributed by atoms with Crippen LogP contribution in [-0.4, -0.2) is 25.2 Å². The molecule has 0 amide bonds. The maximum Gasteiger partial charge on any atom is 0.336 e. The van der Waals surface area contributed by atoms with Gasteiger partial charge in [0.1, 0.15) is 5.82 Å². The smallest absolute Gasteiger partial charge is 0.336 e. The van der Waals surface area contributed by atoms with Crippen molar-refractivity contribution in [3.05, 3.63) is 45.1 Å². The number of carbonyl (C=O) groups excluding carboxylic acids is 2. The van der Waals surface area contributed by atoms with E-state index in [9.17, 15) is 20.1 Å². The maximum absolute atomic E-state index is 12.7. The van der Waals surface area contributed by atoms with Crippen LogP contribution in [-0.2, 0) is 19.1 Å². The maximum atomic E-state index is 12.7. The number of ether oxygens (including phenoxy) is 2. The van der Waals surface area contributed by atoms with Crippen LogP contribution in [0.15, 0.2) is 40.2 Å². The van der Waals surface area contributed by atoms with Crippen molar-refractivity contribution >= 4 is 23.3 Å². The molecule has 0 aliphatic carbocycles. The minimum Gasteiger partial charge on any atom is -0.465 e. The number of hydrogen-bond donors (Lipinski definition) is 2. The molecule has 0 bridgehead atoms. The summed E-state index contributed by atoms with van der Waals surface area (Å²) in [6.07, 6.45) is 0. The summed E-state index contributed by atoms with van der Waals surface area (Å²) in [6.45, 7) is 3.40. The van der Waals surface area contributed by atoms with Gasteiger partial charge in [0.25, 0.3) is 0 Å². The summed E-state index contributed by atoms with van der Waals surface area (Å²) in [7, 11) is 0. The number of nitriles is 2. The molecule has 27 heavy (non-hydrogen) atoms. The molecule has 1 aromatic heterocycles. The third-order valence-corrected chi connectivity index (χ3v) is 4.75. The Labute approximate surface area is 160 Å². The molecule has 1 aromatic rings. The van der Waals surface area contributed by atoms with Crippen LogP contribution in [0.2, 0.25) is 0 Å². The molecule has 1 aliphatic rings. The Morgan fingerprint density at radius 2 is 2.04 bits per heavy atom. The van der Waals surface area contributed by atoms with E-state index in [-0.39, 0.29) is 35.9 Å². The van der Waals surface area contributed by atoms with Crippen LogP contribution in [0.4, 0.5) is 0 Å². The minimum atomic E-state index is -1.41. The monoisotopic (exact) mass is 386 g/mol. The molecule has 2 unspecified atom stereocenters. The summed E-state index contributed by atoms with van der Waals surface area (Å²) in [5.41, 5.74) is 6.08. The third-order valence-electron chi connectivity index (χ3n) is 3.81. The van der Waals surface area contributed by atoms with E-state index in [2.05, 4.69) is 5.32 Å². The molecule has 2 atom stereocenters. The number of nitrogens with one attached hydrogen (secondary N) is 1. The molecule has 2 rings (SSSR count). The predicted molar refractivity (Wildman–Crippen MR) is 96.4 cm³/mol. The number of nitrogens with zero attached hydrogens (tertiary/aromatic N) is 2. The number of dihydropyridines is 1. The summed E-state index contributed by atoms with van der Waals surface area (Å²) < 4.78 is 10.1. The highest BCUT2D eigenvalue weighted by Crippen LogP contribution is 2.41. The highest BCUT2D eigenvalue weighted by Gasteiger charge is 2.41. The van der Waals surface area contributed by atoms with E-state index >= 15 is 0 Å². The Balaban J connectivity index is 2.72. The van der Waals surface area contributed by atoms with Crippen molar-refractivity contribution in [2.24, 2.45) is 11.7 Å². The van der Waals surface area contributed by atoms with E-state index in [1.54, 1.807) is 31.4 Å². The lowest BCUT2D eigenvalue weighted by molar-refractivity contribution is -0.145. The van der Waals surface area contributed by atoms with Crippen molar-refractivity contribution in [2.45, 2.75) is 19.8 Å². The van der Waals surface area contributed by atoms with Gasteiger partial charge in [0, 0.05) is 4.88 Å². The number of nitrogens with two attached hydrogens (primary N) is 1. The molecule has 0 fully saturated rings. The van der Waals surface area contributed by atoms with Gasteiger partial charge in [-0.25, -0.2) is 4.79 Å². The van der Waals surface area contributed by atoms with Crippen LogP contribution in [0.5, 0.6) is 0 Å². The molecule has 1 aliphatic heterocycles. The SMILES string of the molecule is CCOC(=O)C1=C(C(C#N)C(=O)OCC)NC(N)=C(C#N)C1c1cccs1. The molecule has 9 heteroatoms. The van der Waals surface area contributed by atoms with E-state index in [1.807, 2.05) is 12.1 Å². The number of thiophene rings is 1. The lowest BCUT2D eigenvalue weighted by atomic mass is 9.83. The summed E-state index contributed by atoms with van der Waals surface area (Å²) in [5, 5.41) is 23.6. The Kier molecular flexibility index (Phi) is 6.58. The highest BCUT2D eigenvalue weighted by molar-refractivity contribution is 7.10. The first kappa shape index (κ1) is 20.0. The van der Waals surface area contributed by atoms with Crippen molar-refractivity contribution < 1.29 is 19.1 Å². The number of rotatable bonds is 6. The van der Waals surface area contributed by atoms with Gasteiger partial charge in [0.15, 0.2) is 5.92 Å². The Bertz CT molecular complexity index is 874. The lowest BCUT2D eigenvalue weighted by Crippen LogP contribution is -2.38.